The van der Waals surface area contributed by atoms with E-state index in [2.05, 4.69) is 20.0 Å². The third-order valence-electron chi connectivity index (χ3n) is 2.44. The third-order valence-corrected chi connectivity index (χ3v) is 4.73. The first kappa shape index (κ1) is 14.7. The molecule has 108 valence electrons. The van der Waals surface area contributed by atoms with Gasteiger partial charge in [-0.25, -0.2) is 18.4 Å². The predicted molar refractivity (Wildman–Crippen MR) is 80.7 cm³/mol. The fraction of sp³-hybridized carbons (Fsp3) is 0.333. The molecule has 8 heteroatoms. The Bertz CT molecular complexity index is 682. The number of anilines is 2. The van der Waals surface area contributed by atoms with Gasteiger partial charge in [0.25, 0.3) is 10.0 Å². The summed E-state index contributed by atoms with van der Waals surface area (Å²) < 4.78 is 26.9. The van der Waals surface area contributed by atoms with Crippen LogP contribution in [0.3, 0.4) is 0 Å². The molecule has 0 aromatic carbocycles. The molecule has 0 atom stereocenters. The highest BCUT2D eigenvalue weighted by Gasteiger charge is 2.16. The SMILES string of the molecule is CCCNc1cc(S(=O)(=O)Nc2ncc(C)s2)ccn1. The summed E-state index contributed by atoms with van der Waals surface area (Å²) in [5, 5.41) is 3.42. The molecule has 0 radical (unpaired) electrons. The van der Waals surface area contributed by atoms with Gasteiger partial charge < -0.3 is 5.32 Å². The van der Waals surface area contributed by atoms with E-state index in [1.54, 1.807) is 6.20 Å². The van der Waals surface area contributed by atoms with Crippen LogP contribution in [0.4, 0.5) is 10.9 Å². The Morgan fingerprint density at radius 1 is 1.35 bits per heavy atom. The van der Waals surface area contributed by atoms with E-state index in [4.69, 9.17) is 0 Å². The van der Waals surface area contributed by atoms with Crippen LogP contribution < -0.4 is 10.0 Å². The zero-order valence-electron chi connectivity index (χ0n) is 11.3. The Morgan fingerprint density at radius 2 is 2.15 bits per heavy atom. The minimum atomic E-state index is -3.63. The highest BCUT2D eigenvalue weighted by molar-refractivity contribution is 7.93. The van der Waals surface area contributed by atoms with Crippen LogP contribution in [0.25, 0.3) is 0 Å². The van der Waals surface area contributed by atoms with Crippen LogP contribution in [0.1, 0.15) is 18.2 Å². The number of aromatic nitrogens is 2. The van der Waals surface area contributed by atoms with Crippen molar-refractivity contribution in [1.29, 1.82) is 0 Å². The number of nitrogens with zero attached hydrogens (tertiary/aromatic N) is 2. The van der Waals surface area contributed by atoms with E-state index < -0.39 is 10.0 Å². The summed E-state index contributed by atoms with van der Waals surface area (Å²) in [5.74, 6) is 0.546. The van der Waals surface area contributed by atoms with E-state index in [9.17, 15) is 8.42 Å². The van der Waals surface area contributed by atoms with E-state index in [-0.39, 0.29) is 4.90 Å². The number of nitrogens with one attached hydrogen (secondary N) is 2. The van der Waals surface area contributed by atoms with E-state index in [1.807, 2.05) is 13.8 Å². The molecule has 0 aliphatic heterocycles. The highest BCUT2D eigenvalue weighted by Crippen LogP contribution is 2.21. The standard InChI is InChI=1S/C12H16N4O2S2/c1-3-5-13-11-7-10(4-6-14-11)20(17,18)16-12-15-8-9(2)19-12/h4,6-8H,3,5H2,1-2H3,(H,13,14)(H,15,16). The lowest BCUT2D eigenvalue weighted by Gasteiger charge is -2.07. The van der Waals surface area contributed by atoms with Gasteiger partial charge in [-0.3, -0.25) is 4.72 Å². The Morgan fingerprint density at radius 3 is 2.80 bits per heavy atom. The summed E-state index contributed by atoms with van der Waals surface area (Å²) in [7, 11) is -3.63. The van der Waals surface area contributed by atoms with Crippen LogP contribution >= 0.6 is 11.3 Å². The molecule has 2 N–H and O–H groups in total. The largest absolute Gasteiger partial charge is 0.370 e. The van der Waals surface area contributed by atoms with E-state index in [1.165, 1.54) is 29.7 Å². The van der Waals surface area contributed by atoms with Crippen molar-refractivity contribution in [3.63, 3.8) is 0 Å². The summed E-state index contributed by atoms with van der Waals surface area (Å²) in [6.07, 6.45) is 4.04. The molecule has 0 bridgehead atoms. The number of thiazole rings is 1. The monoisotopic (exact) mass is 312 g/mol. The molecule has 0 aliphatic carbocycles. The van der Waals surface area contributed by atoms with E-state index in [0.717, 1.165) is 17.8 Å². The van der Waals surface area contributed by atoms with Crippen LogP contribution in [-0.2, 0) is 10.0 Å². The zero-order chi connectivity index (χ0) is 14.6. The fourth-order valence-corrected chi connectivity index (χ4v) is 3.42. The summed E-state index contributed by atoms with van der Waals surface area (Å²) in [6.45, 7) is 4.64. The second-order valence-corrected chi connectivity index (χ2v) is 7.10. The number of aryl methyl sites for hydroxylation is 1. The number of sulfonamides is 1. The molecular weight excluding hydrogens is 296 g/mol. The molecule has 0 unspecified atom stereocenters. The Labute approximate surface area is 122 Å². The van der Waals surface area contributed by atoms with Crippen molar-refractivity contribution in [3.05, 3.63) is 29.4 Å². The Kier molecular flexibility index (Phi) is 4.56. The van der Waals surface area contributed by atoms with Crippen LogP contribution in [0, 0.1) is 6.92 Å². The molecule has 6 nitrogen and oxygen atoms in total. The van der Waals surface area contributed by atoms with Crippen molar-refractivity contribution in [1.82, 2.24) is 9.97 Å². The van der Waals surface area contributed by atoms with Gasteiger partial charge >= 0.3 is 0 Å². The molecule has 0 spiro atoms. The molecule has 0 saturated heterocycles. The topological polar surface area (TPSA) is 84.0 Å². The fourth-order valence-electron chi connectivity index (χ4n) is 1.50. The molecule has 2 aromatic heterocycles. The smallest absolute Gasteiger partial charge is 0.263 e. The van der Waals surface area contributed by atoms with Gasteiger partial charge in [-0.15, -0.1) is 11.3 Å². The summed E-state index contributed by atoms with van der Waals surface area (Å²) in [6, 6.07) is 2.97. The number of rotatable bonds is 6. The van der Waals surface area contributed by atoms with Crippen LogP contribution in [0.15, 0.2) is 29.4 Å². The maximum atomic E-state index is 12.2. The molecule has 2 aromatic rings. The van der Waals surface area contributed by atoms with Gasteiger partial charge in [-0.05, 0) is 19.4 Å². The first-order valence-corrected chi connectivity index (χ1v) is 8.46. The highest BCUT2D eigenvalue weighted by atomic mass is 32.2. The van der Waals surface area contributed by atoms with Gasteiger partial charge in [-0.1, -0.05) is 6.92 Å². The summed E-state index contributed by atoms with van der Waals surface area (Å²) in [5.41, 5.74) is 0. The van der Waals surface area contributed by atoms with Crippen molar-refractivity contribution in [2.75, 3.05) is 16.6 Å². The summed E-state index contributed by atoms with van der Waals surface area (Å²) >= 11 is 1.29. The second-order valence-electron chi connectivity index (χ2n) is 4.19. The van der Waals surface area contributed by atoms with Gasteiger partial charge in [0.15, 0.2) is 5.13 Å². The molecule has 0 aliphatic rings. The lowest BCUT2D eigenvalue weighted by atomic mass is 10.4. The minimum absolute atomic E-state index is 0.166. The number of pyridine rings is 1. The average Bonchev–Trinajstić information content (AvgIpc) is 2.81. The van der Waals surface area contributed by atoms with E-state index >= 15 is 0 Å². The zero-order valence-corrected chi connectivity index (χ0v) is 12.9. The second kappa shape index (κ2) is 6.19. The molecule has 0 saturated carbocycles. The molecule has 0 fully saturated rings. The molecule has 2 rings (SSSR count). The van der Waals surface area contributed by atoms with Crippen molar-refractivity contribution in [3.8, 4) is 0 Å². The maximum absolute atomic E-state index is 12.2. The lowest BCUT2D eigenvalue weighted by Crippen LogP contribution is -2.13. The van der Waals surface area contributed by atoms with Gasteiger partial charge in [0.05, 0.1) is 4.90 Å². The lowest BCUT2D eigenvalue weighted by molar-refractivity contribution is 0.601. The van der Waals surface area contributed by atoms with Crippen LogP contribution in [-0.4, -0.2) is 24.9 Å². The van der Waals surface area contributed by atoms with Gasteiger partial charge in [0, 0.05) is 29.9 Å². The molecule has 20 heavy (non-hydrogen) atoms. The first-order valence-electron chi connectivity index (χ1n) is 6.16. The number of hydrogen-bond donors (Lipinski definition) is 2. The van der Waals surface area contributed by atoms with Gasteiger partial charge in [-0.2, -0.15) is 0 Å². The molecule has 0 amide bonds. The van der Waals surface area contributed by atoms with Crippen molar-refractivity contribution in [2.24, 2.45) is 0 Å². The summed E-state index contributed by atoms with van der Waals surface area (Å²) in [4.78, 5) is 9.19. The van der Waals surface area contributed by atoms with Crippen molar-refractivity contribution >= 4 is 32.3 Å². The molecular formula is C12H16N4O2S2. The number of hydrogen-bond acceptors (Lipinski definition) is 6. The first-order chi connectivity index (χ1) is 9.51. The predicted octanol–water partition coefficient (Wildman–Crippen LogP) is 2.47. The normalized spacial score (nSPS) is 11.3. The van der Waals surface area contributed by atoms with Gasteiger partial charge in [0.2, 0.25) is 0 Å². The van der Waals surface area contributed by atoms with Crippen LogP contribution in [0.2, 0.25) is 0 Å². The Balaban J connectivity index is 2.20. The Hall–Kier alpha value is -1.67. The van der Waals surface area contributed by atoms with Crippen molar-refractivity contribution in [2.45, 2.75) is 25.2 Å². The minimum Gasteiger partial charge on any atom is -0.370 e. The van der Waals surface area contributed by atoms with Crippen molar-refractivity contribution < 1.29 is 8.42 Å². The third kappa shape index (κ3) is 3.67. The molecule has 2 heterocycles. The van der Waals surface area contributed by atoms with Gasteiger partial charge in [0.1, 0.15) is 5.82 Å². The van der Waals surface area contributed by atoms with Crippen LogP contribution in [0.5, 0.6) is 0 Å². The maximum Gasteiger partial charge on any atom is 0.263 e. The van der Waals surface area contributed by atoms with E-state index in [0.29, 0.717) is 10.9 Å². The average molecular weight is 312 g/mol. The quantitative estimate of drug-likeness (QED) is 0.856.